The molecule has 0 N–H and O–H groups in total. The first-order chi connectivity index (χ1) is 18.6. The molecule has 0 saturated carbocycles. The van der Waals surface area contributed by atoms with Crippen molar-refractivity contribution in [2.24, 2.45) is 4.99 Å². The Balaban J connectivity index is 1.50. The van der Waals surface area contributed by atoms with Gasteiger partial charge >= 0.3 is 0 Å². The van der Waals surface area contributed by atoms with Crippen molar-refractivity contribution >= 4 is 17.7 Å². The molecular weight excluding hydrogens is 505 g/mol. The number of benzene rings is 2. The van der Waals surface area contributed by atoms with E-state index in [2.05, 4.69) is 4.98 Å². The van der Waals surface area contributed by atoms with E-state index in [0.29, 0.717) is 47.5 Å². The van der Waals surface area contributed by atoms with Crippen LogP contribution in [0.3, 0.4) is 0 Å². The highest BCUT2D eigenvalue weighted by molar-refractivity contribution is 6.18. The summed E-state index contributed by atoms with van der Waals surface area (Å²) in [5.74, 6) is -0.944. The van der Waals surface area contributed by atoms with Crippen LogP contribution in [0.25, 0.3) is 22.6 Å². The second-order valence-corrected chi connectivity index (χ2v) is 10.2. The van der Waals surface area contributed by atoms with Crippen molar-refractivity contribution in [1.82, 2.24) is 19.4 Å². The second kappa shape index (κ2) is 9.07. The van der Waals surface area contributed by atoms with E-state index in [0.717, 1.165) is 17.7 Å². The molecule has 0 radical (unpaired) electrons. The molecule has 4 heterocycles. The van der Waals surface area contributed by atoms with Crippen LogP contribution in [-0.2, 0) is 6.54 Å². The van der Waals surface area contributed by atoms with Gasteiger partial charge in [-0.1, -0.05) is 6.07 Å². The molecule has 39 heavy (non-hydrogen) atoms. The Morgan fingerprint density at radius 2 is 1.69 bits per heavy atom. The lowest BCUT2D eigenvalue weighted by Crippen LogP contribution is -2.51. The standard InChI is InChI=1S/C29H25F3N6O/c1-4-36-27(39)24-26(38-16-29(2,3)35-28(36)38)37(15-17-5-11-21(31)22(32)13-17)25(34-24)19-8-12-23(33-14-19)18-6-9-20(30)10-7-18/h5-14H,4,15-16H2,1-3H3. The number of amides is 1. The number of aliphatic imine (C=N–C) groups is 1. The molecule has 2 aromatic heterocycles. The lowest BCUT2D eigenvalue weighted by Gasteiger charge is -2.34. The van der Waals surface area contributed by atoms with Crippen LogP contribution < -0.4 is 4.90 Å². The number of fused-ring (bicyclic) bond motifs is 3. The third kappa shape index (κ3) is 4.25. The first-order valence-electron chi connectivity index (χ1n) is 12.6. The van der Waals surface area contributed by atoms with Gasteiger partial charge in [-0.05, 0) is 74.9 Å². The molecule has 0 spiro atoms. The lowest BCUT2D eigenvalue weighted by atomic mass is 10.1. The normalized spacial score (nSPS) is 15.8. The maximum atomic E-state index is 14.2. The quantitative estimate of drug-likeness (QED) is 0.342. The lowest BCUT2D eigenvalue weighted by molar-refractivity contribution is 0.0841. The van der Waals surface area contributed by atoms with Crippen molar-refractivity contribution < 1.29 is 18.0 Å². The predicted molar refractivity (Wildman–Crippen MR) is 142 cm³/mol. The van der Waals surface area contributed by atoms with Gasteiger partial charge in [0.25, 0.3) is 5.91 Å². The number of anilines is 1. The summed E-state index contributed by atoms with van der Waals surface area (Å²) in [6, 6.07) is 13.4. The van der Waals surface area contributed by atoms with E-state index in [9.17, 15) is 18.0 Å². The summed E-state index contributed by atoms with van der Waals surface area (Å²) in [5, 5.41) is 0. The van der Waals surface area contributed by atoms with Crippen molar-refractivity contribution in [2.75, 3.05) is 18.0 Å². The van der Waals surface area contributed by atoms with Crippen molar-refractivity contribution in [3.63, 3.8) is 0 Å². The number of halogens is 3. The van der Waals surface area contributed by atoms with Gasteiger partial charge in [-0.3, -0.25) is 19.6 Å². The molecule has 2 aromatic carbocycles. The van der Waals surface area contributed by atoms with Gasteiger partial charge in [-0.15, -0.1) is 0 Å². The van der Waals surface area contributed by atoms with Crippen LogP contribution >= 0.6 is 0 Å². The summed E-state index contributed by atoms with van der Waals surface area (Å²) in [6.07, 6.45) is 1.64. The number of carbonyl (C=O) groups is 1. The molecule has 7 nitrogen and oxygen atoms in total. The fraction of sp³-hybridized carbons (Fsp3) is 0.241. The molecule has 0 aliphatic carbocycles. The molecule has 0 atom stereocenters. The third-order valence-electron chi connectivity index (χ3n) is 6.88. The van der Waals surface area contributed by atoms with E-state index in [1.54, 1.807) is 29.3 Å². The van der Waals surface area contributed by atoms with E-state index in [1.807, 2.05) is 36.3 Å². The Morgan fingerprint density at radius 3 is 2.36 bits per heavy atom. The van der Waals surface area contributed by atoms with E-state index < -0.39 is 17.2 Å². The first kappa shape index (κ1) is 24.8. The van der Waals surface area contributed by atoms with Crippen LogP contribution in [0.2, 0.25) is 0 Å². The fourth-order valence-corrected chi connectivity index (χ4v) is 5.07. The summed E-state index contributed by atoms with van der Waals surface area (Å²) >= 11 is 0. The Bertz CT molecular complexity index is 1630. The van der Waals surface area contributed by atoms with Gasteiger partial charge in [0.2, 0.25) is 5.96 Å². The minimum Gasteiger partial charge on any atom is -0.305 e. The summed E-state index contributed by atoms with van der Waals surface area (Å²) in [7, 11) is 0. The van der Waals surface area contributed by atoms with E-state index >= 15 is 0 Å². The average molecular weight is 531 g/mol. The van der Waals surface area contributed by atoms with E-state index in [1.165, 1.54) is 18.2 Å². The number of carbonyl (C=O) groups excluding carboxylic acids is 1. The average Bonchev–Trinajstić information content (AvgIpc) is 3.44. The monoisotopic (exact) mass is 530 g/mol. The number of imidazole rings is 1. The van der Waals surface area contributed by atoms with Crippen LogP contribution in [0.5, 0.6) is 0 Å². The van der Waals surface area contributed by atoms with Crippen molar-refractivity contribution in [3.05, 3.63) is 89.5 Å². The maximum absolute atomic E-state index is 14.2. The molecule has 0 fully saturated rings. The minimum absolute atomic E-state index is 0.137. The molecule has 0 saturated heterocycles. The number of guanidine groups is 1. The number of hydrogen-bond donors (Lipinski definition) is 0. The molecule has 10 heteroatoms. The molecule has 2 aliphatic rings. The highest BCUT2D eigenvalue weighted by Gasteiger charge is 2.45. The summed E-state index contributed by atoms with van der Waals surface area (Å²) in [4.78, 5) is 31.3. The Hall–Kier alpha value is -4.47. The van der Waals surface area contributed by atoms with E-state index in [-0.39, 0.29) is 24.0 Å². The molecule has 0 unspecified atom stereocenters. The molecule has 0 bridgehead atoms. The topological polar surface area (TPSA) is 66.6 Å². The van der Waals surface area contributed by atoms with Crippen molar-refractivity contribution in [1.29, 1.82) is 0 Å². The highest BCUT2D eigenvalue weighted by atomic mass is 19.2. The molecule has 6 rings (SSSR count). The summed E-state index contributed by atoms with van der Waals surface area (Å²) < 4.78 is 43.1. The fourth-order valence-electron chi connectivity index (χ4n) is 5.07. The Morgan fingerprint density at radius 1 is 0.949 bits per heavy atom. The van der Waals surface area contributed by atoms with Gasteiger partial charge in [-0.2, -0.15) is 0 Å². The van der Waals surface area contributed by atoms with Crippen LogP contribution in [0.4, 0.5) is 19.0 Å². The SMILES string of the molecule is CCN1C(=O)c2nc(-c3ccc(-c4ccc(F)cc4)nc3)n(Cc3ccc(F)c(F)c3)c2N2CC(C)(C)N=C12. The van der Waals surface area contributed by atoms with Crippen LogP contribution in [-0.4, -0.2) is 49.9 Å². The van der Waals surface area contributed by atoms with Gasteiger partial charge in [0.15, 0.2) is 17.3 Å². The zero-order valence-electron chi connectivity index (χ0n) is 21.6. The Labute approximate surface area is 223 Å². The van der Waals surface area contributed by atoms with Crippen molar-refractivity contribution in [3.8, 4) is 22.6 Å². The van der Waals surface area contributed by atoms with Crippen LogP contribution in [0.15, 0.2) is 65.8 Å². The van der Waals surface area contributed by atoms with Crippen LogP contribution in [0.1, 0.15) is 36.8 Å². The van der Waals surface area contributed by atoms with E-state index in [4.69, 9.17) is 9.98 Å². The largest absolute Gasteiger partial charge is 0.305 e. The highest BCUT2D eigenvalue weighted by Crippen LogP contribution is 2.38. The summed E-state index contributed by atoms with van der Waals surface area (Å²) in [5.41, 5.74) is 2.35. The summed E-state index contributed by atoms with van der Waals surface area (Å²) in [6.45, 7) is 6.94. The third-order valence-corrected chi connectivity index (χ3v) is 6.88. The smallest absolute Gasteiger partial charge is 0.283 e. The minimum atomic E-state index is -0.953. The van der Waals surface area contributed by atoms with Gasteiger partial charge in [-0.25, -0.2) is 23.1 Å². The number of rotatable bonds is 5. The number of hydrogen-bond acceptors (Lipinski definition) is 5. The van der Waals surface area contributed by atoms with Gasteiger partial charge in [0, 0.05) is 23.9 Å². The molecule has 198 valence electrons. The maximum Gasteiger partial charge on any atom is 0.283 e. The Kier molecular flexibility index (Phi) is 5.78. The number of nitrogens with zero attached hydrogens (tertiary/aromatic N) is 6. The zero-order valence-corrected chi connectivity index (χ0v) is 21.6. The number of pyridine rings is 1. The molecular formula is C29H25F3N6O. The van der Waals surface area contributed by atoms with Gasteiger partial charge in [0.1, 0.15) is 17.5 Å². The van der Waals surface area contributed by atoms with Gasteiger partial charge < -0.3 is 4.57 Å². The molecule has 1 amide bonds. The van der Waals surface area contributed by atoms with Crippen LogP contribution in [0, 0.1) is 17.5 Å². The predicted octanol–water partition coefficient (Wildman–Crippen LogP) is 5.51. The first-order valence-corrected chi connectivity index (χ1v) is 12.6. The van der Waals surface area contributed by atoms with Crippen molar-refractivity contribution in [2.45, 2.75) is 32.9 Å². The molecule has 2 aliphatic heterocycles. The zero-order chi connectivity index (χ0) is 27.5. The molecule has 4 aromatic rings. The number of aromatic nitrogens is 3. The van der Waals surface area contributed by atoms with Gasteiger partial charge in [0.05, 0.1) is 24.3 Å². The second-order valence-electron chi connectivity index (χ2n) is 10.2.